The van der Waals surface area contributed by atoms with Gasteiger partial charge in [-0.3, -0.25) is 0 Å². The molecule has 0 saturated heterocycles. The second-order valence-electron chi connectivity index (χ2n) is 3.42. The third-order valence-corrected chi connectivity index (χ3v) is 2.40. The molecule has 1 aliphatic carbocycles. The topological polar surface area (TPSA) is 59.7 Å². The van der Waals surface area contributed by atoms with Gasteiger partial charge in [-0.2, -0.15) is 0 Å². The summed E-state index contributed by atoms with van der Waals surface area (Å²) in [6.07, 6.45) is 2.87. The van der Waals surface area contributed by atoms with E-state index in [0.29, 0.717) is 6.42 Å². The van der Waals surface area contributed by atoms with Gasteiger partial charge in [0.15, 0.2) is 0 Å². The summed E-state index contributed by atoms with van der Waals surface area (Å²) in [4.78, 5) is 11.4. The van der Waals surface area contributed by atoms with E-state index in [-0.39, 0.29) is 11.9 Å². The number of ether oxygens (including phenoxy) is 1. The molecule has 2 atom stereocenters. The summed E-state index contributed by atoms with van der Waals surface area (Å²) >= 11 is 0. The van der Waals surface area contributed by atoms with Gasteiger partial charge in [0.05, 0.1) is 12.4 Å². The van der Waals surface area contributed by atoms with E-state index in [4.69, 9.17) is 9.15 Å². The van der Waals surface area contributed by atoms with Gasteiger partial charge in [-0.15, -0.1) is 0 Å². The molecule has 4 nitrogen and oxygen atoms in total. The SMILES string of the molecule is O=C(OC1CCCC1O)c1ccco1. The van der Waals surface area contributed by atoms with Crippen LogP contribution in [-0.2, 0) is 4.74 Å². The van der Waals surface area contributed by atoms with Gasteiger partial charge in [0, 0.05) is 0 Å². The van der Waals surface area contributed by atoms with Crippen LogP contribution < -0.4 is 0 Å². The van der Waals surface area contributed by atoms with Crippen molar-refractivity contribution in [2.45, 2.75) is 31.5 Å². The molecule has 0 aliphatic heterocycles. The highest BCUT2D eigenvalue weighted by Crippen LogP contribution is 2.22. The van der Waals surface area contributed by atoms with Gasteiger partial charge in [0.2, 0.25) is 5.76 Å². The highest BCUT2D eigenvalue weighted by Gasteiger charge is 2.29. The first-order valence-corrected chi connectivity index (χ1v) is 4.70. The summed E-state index contributed by atoms with van der Waals surface area (Å²) in [7, 11) is 0. The minimum absolute atomic E-state index is 0.184. The van der Waals surface area contributed by atoms with Crippen molar-refractivity contribution in [2.75, 3.05) is 0 Å². The van der Waals surface area contributed by atoms with Crippen LogP contribution in [0.2, 0.25) is 0 Å². The number of carbonyl (C=O) groups is 1. The van der Waals surface area contributed by atoms with E-state index in [2.05, 4.69) is 0 Å². The maximum atomic E-state index is 11.4. The number of hydrogen-bond donors (Lipinski definition) is 1. The molecule has 1 aromatic rings. The lowest BCUT2D eigenvalue weighted by atomic mass is 10.2. The van der Waals surface area contributed by atoms with Gasteiger partial charge in [-0.25, -0.2) is 4.79 Å². The summed E-state index contributed by atoms with van der Waals surface area (Å²) in [6.45, 7) is 0. The standard InChI is InChI=1S/C10H12O4/c11-7-3-1-4-8(7)14-10(12)9-5-2-6-13-9/h2,5-8,11H,1,3-4H2. The van der Waals surface area contributed by atoms with Gasteiger partial charge in [0.1, 0.15) is 6.10 Å². The monoisotopic (exact) mass is 196 g/mol. The lowest BCUT2D eigenvalue weighted by Gasteiger charge is -2.14. The van der Waals surface area contributed by atoms with Gasteiger partial charge in [0.25, 0.3) is 0 Å². The highest BCUT2D eigenvalue weighted by molar-refractivity contribution is 5.86. The summed E-state index contributed by atoms with van der Waals surface area (Å²) in [5.41, 5.74) is 0. The molecule has 0 radical (unpaired) electrons. The second-order valence-corrected chi connectivity index (χ2v) is 3.42. The van der Waals surface area contributed by atoms with E-state index in [9.17, 15) is 9.90 Å². The van der Waals surface area contributed by atoms with Crippen LogP contribution in [0.3, 0.4) is 0 Å². The maximum absolute atomic E-state index is 11.4. The zero-order chi connectivity index (χ0) is 9.97. The van der Waals surface area contributed by atoms with E-state index in [0.717, 1.165) is 12.8 Å². The minimum atomic E-state index is -0.520. The van der Waals surface area contributed by atoms with Crippen LogP contribution in [0.4, 0.5) is 0 Å². The molecule has 0 spiro atoms. The van der Waals surface area contributed by atoms with Crippen molar-refractivity contribution in [3.8, 4) is 0 Å². The van der Waals surface area contributed by atoms with Crippen molar-refractivity contribution in [2.24, 2.45) is 0 Å². The number of furan rings is 1. The van der Waals surface area contributed by atoms with Crippen molar-refractivity contribution in [3.05, 3.63) is 24.2 Å². The molecule has 0 amide bonds. The van der Waals surface area contributed by atoms with Gasteiger partial charge < -0.3 is 14.3 Å². The van der Waals surface area contributed by atoms with E-state index in [1.165, 1.54) is 6.26 Å². The Morgan fingerprint density at radius 1 is 1.57 bits per heavy atom. The quantitative estimate of drug-likeness (QED) is 0.725. The van der Waals surface area contributed by atoms with Crippen LogP contribution in [0.5, 0.6) is 0 Å². The second kappa shape index (κ2) is 3.84. The first kappa shape index (κ1) is 9.27. The Labute approximate surface area is 81.5 Å². The van der Waals surface area contributed by atoms with E-state index in [1.54, 1.807) is 12.1 Å². The number of aliphatic hydroxyl groups excluding tert-OH is 1. The van der Waals surface area contributed by atoms with Crippen molar-refractivity contribution in [1.29, 1.82) is 0 Å². The molecular formula is C10H12O4. The third kappa shape index (κ3) is 1.80. The number of carbonyl (C=O) groups excluding carboxylic acids is 1. The summed E-state index contributed by atoms with van der Waals surface area (Å²) in [5, 5.41) is 9.43. The molecule has 2 unspecified atom stereocenters. The first-order chi connectivity index (χ1) is 6.77. The molecule has 0 aromatic carbocycles. The molecule has 76 valence electrons. The van der Waals surface area contributed by atoms with E-state index >= 15 is 0 Å². The van der Waals surface area contributed by atoms with Crippen LogP contribution in [0, 0.1) is 0 Å². The number of rotatable bonds is 2. The lowest BCUT2D eigenvalue weighted by Crippen LogP contribution is -2.25. The maximum Gasteiger partial charge on any atom is 0.374 e. The Morgan fingerprint density at radius 3 is 3.00 bits per heavy atom. The van der Waals surface area contributed by atoms with E-state index < -0.39 is 12.1 Å². The van der Waals surface area contributed by atoms with Crippen molar-refractivity contribution < 1.29 is 19.1 Å². The largest absolute Gasteiger partial charge is 0.457 e. The van der Waals surface area contributed by atoms with Crippen LogP contribution in [0.15, 0.2) is 22.8 Å². The van der Waals surface area contributed by atoms with Crippen LogP contribution in [0.1, 0.15) is 29.8 Å². The molecule has 1 aromatic heterocycles. The Balaban J connectivity index is 1.95. The zero-order valence-electron chi connectivity index (χ0n) is 7.68. The third-order valence-electron chi connectivity index (χ3n) is 2.40. The molecule has 1 heterocycles. The molecule has 1 fully saturated rings. The summed E-state index contributed by atoms with van der Waals surface area (Å²) < 4.78 is 9.97. The Bertz CT molecular complexity index is 304. The predicted molar refractivity (Wildman–Crippen MR) is 47.8 cm³/mol. The van der Waals surface area contributed by atoms with Crippen molar-refractivity contribution in [3.63, 3.8) is 0 Å². The van der Waals surface area contributed by atoms with Gasteiger partial charge >= 0.3 is 5.97 Å². The summed E-state index contributed by atoms with van der Waals surface area (Å²) in [5.74, 6) is -0.315. The average molecular weight is 196 g/mol. The molecule has 1 aliphatic rings. The van der Waals surface area contributed by atoms with Gasteiger partial charge in [-0.1, -0.05) is 0 Å². The van der Waals surface area contributed by atoms with Gasteiger partial charge in [-0.05, 0) is 31.4 Å². The molecule has 4 heteroatoms. The first-order valence-electron chi connectivity index (χ1n) is 4.70. The Morgan fingerprint density at radius 2 is 2.43 bits per heavy atom. The molecule has 2 rings (SSSR count). The van der Waals surface area contributed by atoms with E-state index in [1.807, 2.05) is 0 Å². The Hall–Kier alpha value is -1.29. The van der Waals surface area contributed by atoms with Crippen LogP contribution >= 0.6 is 0 Å². The van der Waals surface area contributed by atoms with Crippen LogP contribution in [0.25, 0.3) is 0 Å². The lowest BCUT2D eigenvalue weighted by molar-refractivity contribution is -0.00741. The highest BCUT2D eigenvalue weighted by atomic mass is 16.6. The minimum Gasteiger partial charge on any atom is -0.457 e. The number of hydrogen-bond acceptors (Lipinski definition) is 4. The van der Waals surface area contributed by atoms with Crippen LogP contribution in [-0.4, -0.2) is 23.3 Å². The molecule has 14 heavy (non-hydrogen) atoms. The zero-order valence-corrected chi connectivity index (χ0v) is 7.68. The smallest absolute Gasteiger partial charge is 0.374 e. The van der Waals surface area contributed by atoms with Crippen molar-refractivity contribution in [1.82, 2.24) is 0 Å². The average Bonchev–Trinajstić information content (AvgIpc) is 2.77. The molecule has 1 saturated carbocycles. The Kier molecular flexibility index (Phi) is 2.54. The van der Waals surface area contributed by atoms with Crippen molar-refractivity contribution >= 4 is 5.97 Å². The number of aliphatic hydroxyl groups is 1. The normalized spacial score (nSPS) is 26.4. The predicted octanol–water partition coefficient (Wildman–Crippen LogP) is 1.35. The molecular weight excluding hydrogens is 184 g/mol. The summed E-state index contributed by atoms with van der Waals surface area (Å²) in [6, 6.07) is 3.17. The number of esters is 1. The fraction of sp³-hybridized carbons (Fsp3) is 0.500. The molecule has 1 N–H and O–H groups in total. The fourth-order valence-electron chi connectivity index (χ4n) is 1.63. The fourth-order valence-corrected chi connectivity index (χ4v) is 1.63. The molecule has 0 bridgehead atoms.